The van der Waals surface area contributed by atoms with Crippen LogP contribution >= 0.6 is 15.9 Å². The Labute approximate surface area is 111 Å². The van der Waals surface area contributed by atoms with Crippen molar-refractivity contribution in [3.63, 3.8) is 0 Å². The first-order valence-corrected chi connectivity index (χ1v) is 6.27. The summed E-state index contributed by atoms with van der Waals surface area (Å²) in [6.45, 7) is 0.518. The summed E-state index contributed by atoms with van der Waals surface area (Å²) in [5, 5.41) is 3.36. The van der Waals surface area contributed by atoms with Gasteiger partial charge in [-0.05, 0) is 28.1 Å². The van der Waals surface area contributed by atoms with Crippen LogP contribution in [0.2, 0.25) is 0 Å². The first-order valence-electron chi connectivity index (χ1n) is 5.48. The molecule has 1 atom stereocenters. The lowest BCUT2D eigenvalue weighted by Gasteiger charge is -2.23. The number of nitrogens with one attached hydrogen (secondary N) is 1. The molecule has 0 saturated carbocycles. The summed E-state index contributed by atoms with van der Waals surface area (Å²) < 4.78 is 11.4. The van der Waals surface area contributed by atoms with Crippen LogP contribution in [0.1, 0.15) is 6.42 Å². The highest BCUT2D eigenvalue weighted by Crippen LogP contribution is 2.22. The highest BCUT2D eigenvalue weighted by atomic mass is 79.9. The molecule has 0 amide bonds. The Hall–Kier alpha value is -0.620. The van der Waals surface area contributed by atoms with Crippen LogP contribution in [0.15, 0.2) is 28.7 Å². The van der Waals surface area contributed by atoms with Gasteiger partial charge < -0.3 is 20.5 Å². The van der Waals surface area contributed by atoms with Gasteiger partial charge in [0.1, 0.15) is 0 Å². The number of halogens is 1. The van der Waals surface area contributed by atoms with Crippen LogP contribution in [0.5, 0.6) is 0 Å². The van der Waals surface area contributed by atoms with E-state index in [4.69, 9.17) is 15.2 Å². The van der Waals surface area contributed by atoms with E-state index in [1.165, 1.54) is 0 Å². The van der Waals surface area contributed by atoms with Gasteiger partial charge >= 0.3 is 0 Å². The SMILES string of the molecule is COC(CC(CN)Nc1ccccc1Br)OC. The number of hydrogen-bond donors (Lipinski definition) is 2. The molecule has 0 heterocycles. The van der Waals surface area contributed by atoms with Crippen molar-refractivity contribution in [1.29, 1.82) is 0 Å². The summed E-state index contributed by atoms with van der Waals surface area (Å²) >= 11 is 3.49. The van der Waals surface area contributed by atoms with Gasteiger partial charge in [-0.3, -0.25) is 0 Å². The van der Waals surface area contributed by atoms with E-state index in [2.05, 4.69) is 21.2 Å². The van der Waals surface area contributed by atoms with Crippen molar-refractivity contribution in [2.45, 2.75) is 18.8 Å². The van der Waals surface area contributed by atoms with Gasteiger partial charge in [0.05, 0.1) is 0 Å². The van der Waals surface area contributed by atoms with Crippen molar-refractivity contribution in [2.75, 3.05) is 26.1 Å². The predicted molar refractivity (Wildman–Crippen MR) is 73.0 cm³/mol. The molecule has 4 nitrogen and oxygen atoms in total. The lowest BCUT2D eigenvalue weighted by atomic mass is 10.2. The molecule has 0 aliphatic carbocycles. The molecule has 0 spiro atoms. The fraction of sp³-hybridized carbons (Fsp3) is 0.500. The van der Waals surface area contributed by atoms with E-state index in [0.717, 1.165) is 10.2 Å². The Morgan fingerprint density at radius 2 is 1.94 bits per heavy atom. The molecule has 0 fully saturated rings. The van der Waals surface area contributed by atoms with Crippen molar-refractivity contribution in [3.05, 3.63) is 28.7 Å². The largest absolute Gasteiger partial charge is 0.380 e. The van der Waals surface area contributed by atoms with Crippen LogP contribution in [0, 0.1) is 0 Å². The Bertz CT molecular complexity index is 332. The molecule has 0 aliphatic heterocycles. The predicted octanol–water partition coefficient (Wildman–Crippen LogP) is 2.20. The molecule has 0 aromatic heterocycles. The van der Waals surface area contributed by atoms with Crippen molar-refractivity contribution in [2.24, 2.45) is 5.73 Å². The third-order valence-electron chi connectivity index (χ3n) is 2.52. The fourth-order valence-electron chi connectivity index (χ4n) is 1.53. The molecule has 0 aliphatic rings. The molecule has 1 aromatic carbocycles. The molecule has 1 rings (SSSR count). The highest BCUT2D eigenvalue weighted by Gasteiger charge is 2.15. The molecule has 5 heteroatoms. The van der Waals surface area contributed by atoms with Crippen LogP contribution < -0.4 is 11.1 Å². The maximum absolute atomic E-state index is 5.74. The van der Waals surface area contributed by atoms with Gasteiger partial charge in [-0.15, -0.1) is 0 Å². The van der Waals surface area contributed by atoms with E-state index in [1.54, 1.807) is 14.2 Å². The zero-order valence-electron chi connectivity index (χ0n) is 10.2. The van der Waals surface area contributed by atoms with Gasteiger partial charge in [0, 0.05) is 43.4 Å². The number of hydrogen-bond acceptors (Lipinski definition) is 4. The standard InChI is InChI=1S/C12H19BrN2O2/c1-16-12(17-2)7-9(8-14)15-11-6-4-3-5-10(11)13/h3-6,9,12,15H,7-8,14H2,1-2H3. The Morgan fingerprint density at radius 3 is 2.47 bits per heavy atom. The minimum absolute atomic E-state index is 0.110. The van der Waals surface area contributed by atoms with Crippen LogP contribution in [-0.2, 0) is 9.47 Å². The molecule has 0 radical (unpaired) electrons. The Balaban J connectivity index is 2.61. The second-order valence-corrected chi connectivity index (χ2v) is 4.55. The summed E-state index contributed by atoms with van der Waals surface area (Å²) in [6, 6.07) is 8.05. The first kappa shape index (κ1) is 14.4. The van der Waals surface area contributed by atoms with E-state index in [9.17, 15) is 0 Å². The first-order chi connectivity index (χ1) is 8.21. The third-order valence-corrected chi connectivity index (χ3v) is 3.21. The lowest BCUT2D eigenvalue weighted by molar-refractivity contribution is -0.107. The van der Waals surface area contributed by atoms with E-state index >= 15 is 0 Å². The number of anilines is 1. The Kier molecular flexibility index (Phi) is 6.50. The van der Waals surface area contributed by atoms with Crippen LogP contribution in [0.25, 0.3) is 0 Å². The average molecular weight is 303 g/mol. The lowest BCUT2D eigenvalue weighted by Crippen LogP contribution is -2.34. The van der Waals surface area contributed by atoms with E-state index in [-0.39, 0.29) is 12.3 Å². The molecule has 96 valence electrons. The van der Waals surface area contributed by atoms with Crippen molar-refractivity contribution in [1.82, 2.24) is 0 Å². The molecule has 17 heavy (non-hydrogen) atoms. The number of nitrogens with two attached hydrogens (primary N) is 1. The number of benzene rings is 1. The van der Waals surface area contributed by atoms with Crippen molar-refractivity contribution < 1.29 is 9.47 Å². The third kappa shape index (κ3) is 4.63. The number of ether oxygens (including phenoxy) is 2. The van der Waals surface area contributed by atoms with E-state index in [1.807, 2.05) is 24.3 Å². The summed E-state index contributed by atoms with van der Waals surface area (Å²) in [4.78, 5) is 0. The molecule has 3 N–H and O–H groups in total. The van der Waals surface area contributed by atoms with Crippen LogP contribution in [-0.4, -0.2) is 33.1 Å². The average Bonchev–Trinajstić information content (AvgIpc) is 2.36. The second-order valence-electron chi connectivity index (χ2n) is 3.69. The molecule has 0 saturated heterocycles. The summed E-state index contributed by atoms with van der Waals surface area (Å²) in [7, 11) is 3.25. The number of para-hydroxylation sites is 1. The quantitative estimate of drug-likeness (QED) is 0.758. The maximum atomic E-state index is 5.74. The van der Waals surface area contributed by atoms with Crippen LogP contribution in [0.4, 0.5) is 5.69 Å². The monoisotopic (exact) mass is 302 g/mol. The van der Waals surface area contributed by atoms with Gasteiger partial charge in [-0.1, -0.05) is 12.1 Å². The smallest absolute Gasteiger partial charge is 0.158 e. The van der Waals surface area contributed by atoms with E-state index in [0.29, 0.717) is 13.0 Å². The molecular formula is C12H19BrN2O2. The summed E-state index contributed by atoms with van der Waals surface area (Å²) in [6.07, 6.45) is 0.462. The molecular weight excluding hydrogens is 284 g/mol. The molecule has 1 aromatic rings. The molecule has 1 unspecified atom stereocenters. The number of methoxy groups -OCH3 is 2. The minimum atomic E-state index is -0.237. The second kappa shape index (κ2) is 7.66. The zero-order chi connectivity index (χ0) is 12.7. The van der Waals surface area contributed by atoms with Gasteiger partial charge in [0.25, 0.3) is 0 Å². The van der Waals surface area contributed by atoms with Gasteiger partial charge in [0.2, 0.25) is 0 Å². The van der Waals surface area contributed by atoms with Gasteiger partial charge in [-0.2, -0.15) is 0 Å². The number of rotatable bonds is 7. The van der Waals surface area contributed by atoms with Crippen molar-refractivity contribution >= 4 is 21.6 Å². The normalized spacial score (nSPS) is 12.8. The topological polar surface area (TPSA) is 56.5 Å². The van der Waals surface area contributed by atoms with Gasteiger partial charge in [0.15, 0.2) is 6.29 Å². The fourth-order valence-corrected chi connectivity index (χ4v) is 1.93. The van der Waals surface area contributed by atoms with E-state index < -0.39 is 0 Å². The highest BCUT2D eigenvalue weighted by molar-refractivity contribution is 9.10. The Morgan fingerprint density at radius 1 is 1.29 bits per heavy atom. The summed E-state index contributed by atoms with van der Waals surface area (Å²) in [5.41, 5.74) is 6.76. The summed E-state index contributed by atoms with van der Waals surface area (Å²) in [5.74, 6) is 0. The molecule has 0 bridgehead atoms. The van der Waals surface area contributed by atoms with Crippen LogP contribution in [0.3, 0.4) is 0 Å². The minimum Gasteiger partial charge on any atom is -0.380 e. The van der Waals surface area contributed by atoms with Gasteiger partial charge in [-0.25, -0.2) is 0 Å². The zero-order valence-corrected chi connectivity index (χ0v) is 11.7. The van der Waals surface area contributed by atoms with Crippen molar-refractivity contribution in [3.8, 4) is 0 Å². The maximum Gasteiger partial charge on any atom is 0.158 e.